The summed E-state index contributed by atoms with van der Waals surface area (Å²) in [6.07, 6.45) is 0.569. The molecule has 5 heteroatoms. The number of anilines is 1. The Morgan fingerprint density at radius 2 is 1.75 bits per heavy atom. The molecule has 1 amide bonds. The van der Waals surface area contributed by atoms with Gasteiger partial charge in [-0.3, -0.25) is 9.78 Å². The summed E-state index contributed by atoms with van der Waals surface area (Å²) < 4.78 is 0. The number of amides is 1. The fraction of sp³-hybridized carbons (Fsp3) is 0.185. The second-order valence-corrected chi connectivity index (χ2v) is 8.16. The van der Waals surface area contributed by atoms with Crippen LogP contribution < -0.4 is 11.1 Å². The van der Waals surface area contributed by atoms with E-state index in [4.69, 9.17) is 10.7 Å². The van der Waals surface area contributed by atoms with Gasteiger partial charge in [-0.05, 0) is 65.9 Å². The number of hydrogen-bond acceptors (Lipinski definition) is 4. The topological polar surface area (TPSA) is 88.2 Å². The molecule has 1 aromatic heterocycles. The van der Waals surface area contributed by atoms with Crippen LogP contribution in [-0.2, 0) is 19.6 Å². The lowest BCUT2D eigenvalue weighted by Gasteiger charge is -2.13. The highest BCUT2D eigenvalue weighted by Crippen LogP contribution is 2.25. The van der Waals surface area contributed by atoms with Crippen LogP contribution in [0.25, 0.3) is 10.9 Å². The van der Waals surface area contributed by atoms with Crippen molar-refractivity contribution in [3.63, 3.8) is 0 Å². The highest BCUT2D eigenvalue weighted by molar-refractivity contribution is 5.96. The Morgan fingerprint density at radius 3 is 2.53 bits per heavy atom. The number of pyridine rings is 1. The number of carbonyl (C=O) groups is 1. The van der Waals surface area contributed by atoms with E-state index >= 15 is 0 Å². The number of aliphatic hydroxyl groups excluding tert-OH is 1. The molecule has 1 heterocycles. The van der Waals surface area contributed by atoms with E-state index in [1.807, 2.05) is 80.6 Å². The maximum absolute atomic E-state index is 13.0. The SMILES string of the molecule is Cc1cc(N)cc(CNC(=O)c2ccccc2Cc2cccc3c(CO)cc(C)nc23)c1. The summed E-state index contributed by atoms with van der Waals surface area (Å²) in [4.78, 5) is 17.7. The molecule has 0 saturated carbocycles. The van der Waals surface area contributed by atoms with Gasteiger partial charge in [-0.1, -0.05) is 42.5 Å². The van der Waals surface area contributed by atoms with Gasteiger partial charge in [0.1, 0.15) is 0 Å². The molecule has 0 aliphatic carbocycles. The van der Waals surface area contributed by atoms with Gasteiger partial charge in [-0.25, -0.2) is 0 Å². The second kappa shape index (κ2) is 9.20. The molecule has 162 valence electrons. The molecule has 0 bridgehead atoms. The number of nitrogen functional groups attached to an aromatic ring is 1. The zero-order valence-corrected chi connectivity index (χ0v) is 18.4. The lowest BCUT2D eigenvalue weighted by Crippen LogP contribution is -2.24. The summed E-state index contributed by atoms with van der Waals surface area (Å²) in [7, 11) is 0. The van der Waals surface area contributed by atoms with Crippen molar-refractivity contribution >= 4 is 22.5 Å². The number of aliphatic hydroxyl groups is 1. The number of fused-ring (bicyclic) bond motifs is 1. The van der Waals surface area contributed by atoms with Gasteiger partial charge in [0.25, 0.3) is 5.91 Å². The Hall–Kier alpha value is -3.70. The van der Waals surface area contributed by atoms with E-state index in [1.54, 1.807) is 0 Å². The largest absolute Gasteiger partial charge is 0.399 e. The lowest BCUT2D eigenvalue weighted by molar-refractivity contribution is 0.0950. The first-order valence-electron chi connectivity index (χ1n) is 10.7. The molecule has 4 aromatic rings. The maximum atomic E-state index is 13.0. The van der Waals surface area contributed by atoms with Crippen LogP contribution in [0.3, 0.4) is 0 Å². The molecule has 0 aliphatic heterocycles. The molecule has 0 spiro atoms. The number of nitrogens with zero attached hydrogens (tertiary/aromatic N) is 1. The summed E-state index contributed by atoms with van der Waals surface area (Å²) in [6, 6.07) is 21.3. The minimum atomic E-state index is -0.124. The van der Waals surface area contributed by atoms with Gasteiger partial charge < -0.3 is 16.2 Å². The lowest BCUT2D eigenvalue weighted by atomic mass is 9.96. The summed E-state index contributed by atoms with van der Waals surface area (Å²) in [5.41, 5.74) is 13.8. The van der Waals surface area contributed by atoms with E-state index in [1.165, 1.54) is 0 Å². The molecule has 0 unspecified atom stereocenters. The molecule has 0 saturated heterocycles. The smallest absolute Gasteiger partial charge is 0.251 e. The average molecular weight is 426 g/mol. The van der Waals surface area contributed by atoms with E-state index in [0.717, 1.165) is 44.4 Å². The number of rotatable bonds is 6. The van der Waals surface area contributed by atoms with Crippen molar-refractivity contribution in [2.45, 2.75) is 33.4 Å². The molecule has 0 atom stereocenters. The van der Waals surface area contributed by atoms with E-state index in [0.29, 0.717) is 24.2 Å². The first kappa shape index (κ1) is 21.5. The van der Waals surface area contributed by atoms with Crippen LogP contribution in [0.4, 0.5) is 5.69 Å². The van der Waals surface area contributed by atoms with E-state index < -0.39 is 0 Å². The number of hydrogen-bond donors (Lipinski definition) is 3. The Bertz CT molecular complexity index is 1280. The molecular formula is C27H27N3O2. The van der Waals surface area contributed by atoms with Gasteiger partial charge in [0.05, 0.1) is 12.1 Å². The van der Waals surface area contributed by atoms with E-state index in [2.05, 4.69) is 5.32 Å². The fourth-order valence-corrected chi connectivity index (χ4v) is 4.17. The predicted octanol–water partition coefficient (Wildman–Crippen LogP) is 4.45. The molecule has 3 aromatic carbocycles. The zero-order chi connectivity index (χ0) is 22.7. The van der Waals surface area contributed by atoms with Gasteiger partial charge in [0.15, 0.2) is 0 Å². The monoisotopic (exact) mass is 425 g/mol. The minimum absolute atomic E-state index is 0.0359. The van der Waals surface area contributed by atoms with Gasteiger partial charge in [-0.2, -0.15) is 0 Å². The Kier molecular flexibility index (Phi) is 6.19. The molecular weight excluding hydrogens is 398 g/mol. The van der Waals surface area contributed by atoms with Crippen LogP contribution in [0.1, 0.15) is 43.9 Å². The zero-order valence-electron chi connectivity index (χ0n) is 18.4. The first-order valence-corrected chi connectivity index (χ1v) is 10.7. The van der Waals surface area contributed by atoms with Crippen LogP contribution in [0.2, 0.25) is 0 Å². The molecule has 0 fully saturated rings. The normalized spacial score (nSPS) is 11.0. The molecule has 4 rings (SSSR count). The number of para-hydroxylation sites is 1. The summed E-state index contributed by atoms with van der Waals surface area (Å²) in [6.45, 7) is 4.29. The van der Waals surface area contributed by atoms with Gasteiger partial charge >= 0.3 is 0 Å². The van der Waals surface area contributed by atoms with Crippen LogP contribution in [0, 0.1) is 13.8 Å². The van der Waals surface area contributed by atoms with Crippen LogP contribution in [-0.4, -0.2) is 16.0 Å². The van der Waals surface area contributed by atoms with Gasteiger partial charge in [-0.15, -0.1) is 0 Å². The molecule has 4 N–H and O–H groups in total. The number of aryl methyl sites for hydroxylation is 2. The number of aromatic nitrogens is 1. The number of carbonyl (C=O) groups excluding carboxylic acids is 1. The van der Waals surface area contributed by atoms with Crippen molar-refractivity contribution in [3.8, 4) is 0 Å². The molecule has 0 aliphatic rings. The van der Waals surface area contributed by atoms with Crippen LogP contribution >= 0.6 is 0 Å². The maximum Gasteiger partial charge on any atom is 0.251 e. The van der Waals surface area contributed by atoms with Crippen molar-refractivity contribution in [1.82, 2.24) is 10.3 Å². The highest BCUT2D eigenvalue weighted by Gasteiger charge is 2.14. The molecule has 5 nitrogen and oxygen atoms in total. The molecule has 0 radical (unpaired) electrons. The third-order valence-electron chi connectivity index (χ3n) is 5.56. The average Bonchev–Trinajstić information content (AvgIpc) is 2.77. The van der Waals surface area contributed by atoms with Gasteiger partial charge in [0, 0.05) is 35.3 Å². The van der Waals surface area contributed by atoms with Crippen LogP contribution in [0.5, 0.6) is 0 Å². The highest BCUT2D eigenvalue weighted by atomic mass is 16.3. The standard InChI is InChI=1S/C27H27N3O2/c1-17-10-19(13-23(28)11-17)15-29-27(32)25-8-4-3-6-20(25)14-21-7-5-9-24-22(16-31)12-18(2)30-26(21)24/h3-13,31H,14-16,28H2,1-2H3,(H,29,32). The summed E-state index contributed by atoms with van der Waals surface area (Å²) in [5, 5.41) is 13.7. The number of nitrogens with one attached hydrogen (secondary N) is 1. The number of benzene rings is 3. The quantitative estimate of drug-likeness (QED) is 0.398. The third-order valence-corrected chi connectivity index (χ3v) is 5.56. The first-order chi connectivity index (χ1) is 15.4. The summed E-state index contributed by atoms with van der Waals surface area (Å²) in [5.74, 6) is -0.124. The Morgan fingerprint density at radius 1 is 0.969 bits per heavy atom. The fourth-order valence-electron chi connectivity index (χ4n) is 4.17. The van der Waals surface area contributed by atoms with E-state index in [9.17, 15) is 9.90 Å². The van der Waals surface area contributed by atoms with Crippen LogP contribution in [0.15, 0.2) is 66.7 Å². The van der Waals surface area contributed by atoms with Crippen molar-refractivity contribution < 1.29 is 9.90 Å². The second-order valence-electron chi connectivity index (χ2n) is 8.16. The van der Waals surface area contributed by atoms with Crippen molar-refractivity contribution in [2.75, 3.05) is 5.73 Å². The van der Waals surface area contributed by atoms with Crippen molar-refractivity contribution in [1.29, 1.82) is 0 Å². The summed E-state index contributed by atoms with van der Waals surface area (Å²) >= 11 is 0. The molecule has 32 heavy (non-hydrogen) atoms. The van der Waals surface area contributed by atoms with Gasteiger partial charge in [0.2, 0.25) is 0 Å². The van der Waals surface area contributed by atoms with Crippen molar-refractivity contribution in [2.24, 2.45) is 0 Å². The third kappa shape index (κ3) is 4.63. The number of nitrogens with two attached hydrogens (primary N) is 1. The Labute approximate surface area is 187 Å². The Balaban J connectivity index is 1.62. The van der Waals surface area contributed by atoms with E-state index in [-0.39, 0.29) is 12.5 Å². The predicted molar refractivity (Wildman–Crippen MR) is 128 cm³/mol. The minimum Gasteiger partial charge on any atom is -0.399 e. The van der Waals surface area contributed by atoms with Crippen molar-refractivity contribution in [3.05, 3.63) is 106 Å².